The molecule has 0 aromatic carbocycles. The third-order valence-corrected chi connectivity index (χ3v) is 0.958. The van der Waals surface area contributed by atoms with E-state index < -0.39 is 6.10 Å². The summed E-state index contributed by atoms with van der Waals surface area (Å²) in [5, 5.41) is 13.3. The Bertz CT molecular complexity index is 80.1. The van der Waals surface area contributed by atoms with Crippen LogP contribution in [0, 0.1) is 0 Å². The van der Waals surface area contributed by atoms with Gasteiger partial charge in [-0.3, -0.25) is 0 Å². The van der Waals surface area contributed by atoms with Crippen LogP contribution in [-0.2, 0) is 5.11 Å². The van der Waals surface area contributed by atoms with Crippen LogP contribution in [0.1, 0.15) is 0 Å². The van der Waals surface area contributed by atoms with Gasteiger partial charge in [-0.1, -0.05) is 12.2 Å². The summed E-state index contributed by atoms with van der Waals surface area (Å²) in [5.41, 5.74) is 0. The number of nitrogens with one attached hydrogen (secondary N) is 1. The summed E-state index contributed by atoms with van der Waals surface area (Å²) in [4.78, 5) is 0. The van der Waals surface area contributed by atoms with E-state index in [1.807, 2.05) is 6.08 Å². The van der Waals surface area contributed by atoms with Gasteiger partial charge in [0, 0.05) is 13.1 Å². The molecule has 0 spiro atoms. The lowest BCUT2D eigenvalue weighted by molar-refractivity contribution is 0.125. The zero-order chi connectivity index (χ0) is 5.11. The summed E-state index contributed by atoms with van der Waals surface area (Å²) in [7, 11) is 0. The number of hydrogen-bond acceptors (Lipinski definition) is 1. The molecule has 1 heterocycles. The van der Waals surface area contributed by atoms with Gasteiger partial charge in [0.1, 0.15) is 6.10 Å². The van der Waals surface area contributed by atoms with E-state index in [-0.39, 0.29) is 0 Å². The molecule has 1 aliphatic rings. The molecule has 0 saturated heterocycles. The van der Waals surface area contributed by atoms with Crippen LogP contribution >= 0.6 is 0 Å². The van der Waals surface area contributed by atoms with Crippen LogP contribution in [0.15, 0.2) is 12.2 Å². The SMILES string of the molecule is [O]C1C=CCNC1. The van der Waals surface area contributed by atoms with E-state index in [2.05, 4.69) is 5.32 Å². The van der Waals surface area contributed by atoms with Gasteiger partial charge in [-0.15, -0.1) is 0 Å². The van der Waals surface area contributed by atoms with Gasteiger partial charge in [-0.25, -0.2) is 5.11 Å². The summed E-state index contributed by atoms with van der Waals surface area (Å²) >= 11 is 0. The molecule has 2 heteroatoms. The van der Waals surface area contributed by atoms with Crippen LogP contribution in [0.5, 0.6) is 0 Å². The summed E-state index contributed by atoms with van der Waals surface area (Å²) in [5.74, 6) is 0. The van der Waals surface area contributed by atoms with Gasteiger partial charge in [-0.2, -0.15) is 0 Å². The third-order valence-electron chi connectivity index (χ3n) is 0.958. The quantitative estimate of drug-likeness (QED) is 0.423. The largest absolute Gasteiger partial charge is 0.310 e. The Kier molecular flexibility index (Phi) is 1.44. The van der Waals surface area contributed by atoms with Gasteiger partial charge in [0.05, 0.1) is 0 Å². The molecular weight excluding hydrogens is 90.1 g/mol. The Labute approximate surface area is 42.8 Å². The highest BCUT2D eigenvalue weighted by Crippen LogP contribution is 1.88. The summed E-state index contributed by atoms with van der Waals surface area (Å²) in [6.07, 6.45) is 3.05. The second-order valence-electron chi connectivity index (χ2n) is 1.62. The molecule has 1 radical (unpaired) electrons. The maximum Gasteiger partial charge on any atom is 0.124 e. The van der Waals surface area contributed by atoms with Gasteiger partial charge < -0.3 is 5.32 Å². The molecule has 1 rings (SSSR count). The molecule has 0 amide bonds. The zero-order valence-corrected chi connectivity index (χ0v) is 4.05. The molecule has 1 N–H and O–H groups in total. The van der Waals surface area contributed by atoms with Crippen molar-refractivity contribution in [2.24, 2.45) is 0 Å². The van der Waals surface area contributed by atoms with E-state index in [1.165, 1.54) is 0 Å². The van der Waals surface area contributed by atoms with Gasteiger partial charge >= 0.3 is 0 Å². The minimum Gasteiger partial charge on any atom is -0.310 e. The van der Waals surface area contributed by atoms with Gasteiger partial charge in [0.2, 0.25) is 0 Å². The first kappa shape index (κ1) is 4.81. The van der Waals surface area contributed by atoms with Gasteiger partial charge in [-0.05, 0) is 0 Å². The lowest BCUT2D eigenvalue weighted by Gasteiger charge is -2.07. The van der Waals surface area contributed by atoms with Crippen LogP contribution in [0.4, 0.5) is 0 Å². The highest BCUT2D eigenvalue weighted by Gasteiger charge is 2.01. The fourth-order valence-corrected chi connectivity index (χ4v) is 0.597. The van der Waals surface area contributed by atoms with Crippen molar-refractivity contribution in [1.29, 1.82) is 0 Å². The lowest BCUT2D eigenvalue weighted by atomic mass is 10.2. The monoisotopic (exact) mass is 98.1 g/mol. The first-order valence-electron chi connectivity index (χ1n) is 2.43. The fraction of sp³-hybridized carbons (Fsp3) is 0.600. The van der Waals surface area contributed by atoms with Crippen LogP contribution < -0.4 is 5.32 Å². The standard InChI is InChI=1S/C5H8NO/c7-5-2-1-3-6-4-5/h1-2,5-6H,3-4H2. The average Bonchev–Trinajstić information content (AvgIpc) is 1.69. The Morgan fingerprint density at radius 3 is 2.86 bits per heavy atom. The maximum absolute atomic E-state index is 10.4. The highest BCUT2D eigenvalue weighted by atomic mass is 16.3. The molecule has 1 unspecified atom stereocenters. The van der Waals surface area contributed by atoms with Crippen LogP contribution in [-0.4, -0.2) is 19.2 Å². The predicted molar refractivity (Wildman–Crippen MR) is 26.5 cm³/mol. The minimum absolute atomic E-state index is 0.506. The minimum atomic E-state index is -0.506. The molecular formula is C5H8NO. The fourth-order valence-electron chi connectivity index (χ4n) is 0.597. The second-order valence-corrected chi connectivity index (χ2v) is 1.62. The van der Waals surface area contributed by atoms with Crippen molar-refractivity contribution in [2.75, 3.05) is 13.1 Å². The molecule has 0 saturated carbocycles. The van der Waals surface area contributed by atoms with Crippen molar-refractivity contribution < 1.29 is 5.11 Å². The van der Waals surface area contributed by atoms with Crippen molar-refractivity contribution in [3.8, 4) is 0 Å². The Hall–Kier alpha value is -0.340. The Balaban J connectivity index is 2.36. The number of hydrogen-bond donors (Lipinski definition) is 1. The van der Waals surface area contributed by atoms with E-state index in [0.717, 1.165) is 6.54 Å². The summed E-state index contributed by atoms with van der Waals surface area (Å²) in [6.45, 7) is 1.45. The van der Waals surface area contributed by atoms with Crippen LogP contribution in [0.3, 0.4) is 0 Å². The van der Waals surface area contributed by atoms with Crippen molar-refractivity contribution in [2.45, 2.75) is 6.10 Å². The maximum atomic E-state index is 10.4. The molecule has 1 aliphatic heterocycles. The van der Waals surface area contributed by atoms with Crippen LogP contribution in [0.2, 0.25) is 0 Å². The summed E-state index contributed by atoms with van der Waals surface area (Å²) < 4.78 is 0. The average molecular weight is 98.1 g/mol. The molecule has 0 fully saturated rings. The normalized spacial score (nSPS) is 30.7. The number of rotatable bonds is 0. The Morgan fingerprint density at radius 1 is 1.71 bits per heavy atom. The van der Waals surface area contributed by atoms with Crippen molar-refractivity contribution in [1.82, 2.24) is 5.32 Å². The van der Waals surface area contributed by atoms with E-state index >= 15 is 0 Å². The molecule has 1 atom stereocenters. The molecule has 39 valence electrons. The van der Waals surface area contributed by atoms with E-state index in [9.17, 15) is 5.11 Å². The van der Waals surface area contributed by atoms with Crippen molar-refractivity contribution in [3.63, 3.8) is 0 Å². The molecule has 2 nitrogen and oxygen atoms in total. The topological polar surface area (TPSA) is 31.9 Å². The first-order valence-corrected chi connectivity index (χ1v) is 2.43. The molecule has 7 heavy (non-hydrogen) atoms. The van der Waals surface area contributed by atoms with E-state index in [4.69, 9.17) is 0 Å². The summed E-state index contributed by atoms with van der Waals surface area (Å²) in [6, 6.07) is 0. The predicted octanol–water partition coefficient (Wildman–Crippen LogP) is -0.0551. The smallest absolute Gasteiger partial charge is 0.124 e. The van der Waals surface area contributed by atoms with E-state index in [0.29, 0.717) is 6.54 Å². The molecule has 0 aromatic rings. The Morgan fingerprint density at radius 2 is 2.57 bits per heavy atom. The zero-order valence-electron chi connectivity index (χ0n) is 4.05. The van der Waals surface area contributed by atoms with Gasteiger partial charge in [0.15, 0.2) is 0 Å². The van der Waals surface area contributed by atoms with E-state index in [1.54, 1.807) is 6.08 Å². The second kappa shape index (κ2) is 2.09. The molecule has 0 bridgehead atoms. The lowest BCUT2D eigenvalue weighted by Crippen LogP contribution is -2.28. The van der Waals surface area contributed by atoms with Crippen LogP contribution in [0.25, 0.3) is 0 Å². The molecule has 0 aromatic heterocycles. The molecule has 0 aliphatic carbocycles. The third kappa shape index (κ3) is 1.29. The van der Waals surface area contributed by atoms with Crippen molar-refractivity contribution >= 4 is 0 Å². The highest BCUT2D eigenvalue weighted by molar-refractivity contribution is 4.95. The first-order chi connectivity index (χ1) is 3.39. The van der Waals surface area contributed by atoms with Gasteiger partial charge in [0.25, 0.3) is 0 Å². The van der Waals surface area contributed by atoms with Crippen molar-refractivity contribution in [3.05, 3.63) is 12.2 Å².